The molecule has 0 bridgehead atoms. The minimum Gasteiger partial charge on any atom is -0.398 e. The van der Waals surface area contributed by atoms with Crippen LogP contribution in [0, 0.1) is 0 Å². The fourth-order valence-corrected chi connectivity index (χ4v) is 2.55. The molecular weight excluding hydrogens is 256 g/mol. The predicted molar refractivity (Wildman–Crippen MR) is 78.4 cm³/mol. The van der Waals surface area contributed by atoms with Crippen LogP contribution >= 0.6 is 0 Å². The average molecular weight is 278 g/mol. The van der Waals surface area contributed by atoms with E-state index >= 15 is 0 Å². The summed E-state index contributed by atoms with van der Waals surface area (Å²) < 4.78 is 1.37. The van der Waals surface area contributed by atoms with Gasteiger partial charge in [-0.1, -0.05) is 0 Å². The van der Waals surface area contributed by atoms with E-state index in [2.05, 4.69) is 19.0 Å². The molecule has 0 radical (unpaired) electrons. The van der Waals surface area contributed by atoms with Crippen molar-refractivity contribution in [3.63, 3.8) is 0 Å². The molecular formula is C14H22N4O2. The van der Waals surface area contributed by atoms with Crippen LogP contribution in [0.25, 0.3) is 0 Å². The van der Waals surface area contributed by atoms with Gasteiger partial charge in [0.15, 0.2) is 0 Å². The van der Waals surface area contributed by atoms with Gasteiger partial charge in [-0.3, -0.25) is 9.59 Å². The van der Waals surface area contributed by atoms with Crippen molar-refractivity contribution in [1.82, 2.24) is 14.4 Å². The molecule has 0 aromatic carbocycles. The highest BCUT2D eigenvalue weighted by atomic mass is 16.2. The smallest absolute Gasteiger partial charge is 0.251 e. The molecule has 1 aromatic rings. The number of amides is 1. The Hall–Kier alpha value is -1.82. The van der Waals surface area contributed by atoms with Crippen molar-refractivity contribution in [3.8, 4) is 0 Å². The highest BCUT2D eigenvalue weighted by molar-refractivity contribution is 5.76. The van der Waals surface area contributed by atoms with Crippen LogP contribution in [0.5, 0.6) is 0 Å². The standard InChI is InChI=1S/C14H22N4O2/c1-16(2)12-5-7-17(8-6-12)14(20)10-18-9-11(15)3-4-13(18)19/h3-4,9,12H,5-8,10,15H2,1-2H3. The molecule has 1 fully saturated rings. The summed E-state index contributed by atoms with van der Waals surface area (Å²) in [5.74, 6) is -0.0186. The van der Waals surface area contributed by atoms with E-state index in [0.29, 0.717) is 11.7 Å². The number of piperidine rings is 1. The minimum atomic E-state index is -0.198. The molecule has 0 atom stereocenters. The molecule has 1 aliphatic rings. The van der Waals surface area contributed by atoms with Gasteiger partial charge in [-0.05, 0) is 33.0 Å². The van der Waals surface area contributed by atoms with Gasteiger partial charge in [0.2, 0.25) is 5.91 Å². The Morgan fingerprint density at radius 3 is 2.60 bits per heavy atom. The maximum absolute atomic E-state index is 12.2. The third kappa shape index (κ3) is 3.39. The zero-order valence-corrected chi connectivity index (χ0v) is 12.1. The third-order valence-corrected chi connectivity index (χ3v) is 3.86. The van der Waals surface area contributed by atoms with Crippen molar-refractivity contribution < 1.29 is 4.79 Å². The minimum absolute atomic E-state index is 0.0186. The van der Waals surface area contributed by atoms with E-state index in [1.807, 2.05) is 4.90 Å². The molecule has 1 aromatic heterocycles. The lowest BCUT2D eigenvalue weighted by atomic mass is 10.0. The topological polar surface area (TPSA) is 71.6 Å². The Bertz CT molecular complexity index is 530. The van der Waals surface area contributed by atoms with Gasteiger partial charge in [-0.2, -0.15) is 0 Å². The average Bonchev–Trinajstić information content (AvgIpc) is 2.43. The molecule has 2 N–H and O–H groups in total. The molecule has 0 spiro atoms. The lowest BCUT2D eigenvalue weighted by molar-refractivity contribution is -0.133. The van der Waals surface area contributed by atoms with Crippen LogP contribution in [0.1, 0.15) is 12.8 Å². The van der Waals surface area contributed by atoms with Gasteiger partial charge in [0, 0.05) is 37.1 Å². The fourth-order valence-electron chi connectivity index (χ4n) is 2.55. The predicted octanol–water partition coefficient (Wildman–Crippen LogP) is -0.0169. The summed E-state index contributed by atoms with van der Waals surface area (Å²) in [4.78, 5) is 27.9. The zero-order chi connectivity index (χ0) is 14.7. The normalized spacial score (nSPS) is 16.6. The molecule has 0 aliphatic carbocycles. The number of rotatable bonds is 3. The number of carbonyl (C=O) groups excluding carboxylic acids is 1. The van der Waals surface area contributed by atoms with E-state index in [9.17, 15) is 9.59 Å². The maximum atomic E-state index is 12.2. The maximum Gasteiger partial charge on any atom is 0.251 e. The SMILES string of the molecule is CN(C)C1CCN(C(=O)Cn2cc(N)ccc2=O)CC1. The van der Waals surface area contributed by atoms with Crippen LogP contribution in [-0.2, 0) is 11.3 Å². The van der Waals surface area contributed by atoms with Crippen molar-refractivity contribution in [1.29, 1.82) is 0 Å². The summed E-state index contributed by atoms with van der Waals surface area (Å²) >= 11 is 0. The highest BCUT2D eigenvalue weighted by Crippen LogP contribution is 2.14. The number of likely N-dealkylation sites (tertiary alicyclic amines) is 1. The second kappa shape index (κ2) is 6.09. The molecule has 1 aliphatic heterocycles. The van der Waals surface area contributed by atoms with Crippen LogP contribution in [-0.4, -0.2) is 53.5 Å². The third-order valence-electron chi connectivity index (χ3n) is 3.86. The lowest BCUT2D eigenvalue weighted by Crippen LogP contribution is -2.46. The van der Waals surface area contributed by atoms with E-state index in [1.165, 1.54) is 16.8 Å². The monoisotopic (exact) mass is 278 g/mol. The molecule has 6 heteroatoms. The van der Waals surface area contributed by atoms with Crippen LogP contribution in [0.15, 0.2) is 23.1 Å². The Kier molecular flexibility index (Phi) is 4.44. The first kappa shape index (κ1) is 14.6. The quantitative estimate of drug-likeness (QED) is 0.843. The number of hydrogen-bond acceptors (Lipinski definition) is 4. The van der Waals surface area contributed by atoms with Crippen LogP contribution < -0.4 is 11.3 Å². The van der Waals surface area contributed by atoms with E-state index in [4.69, 9.17) is 5.73 Å². The summed E-state index contributed by atoms with van der Waals surface area (Å²) in [5, 5.41) is 0. The van der Waals surface area contributed by atoms with Crippen molar-refractivity contribution in [3.05, 3.63) is 28.7 Å². The molecule has 2 rings (SSSR count). The molecule has 1 saturated heterocycles. The Morgan fingerprint density at radius 1 is 1.35 bits per heavy atom. The molecule has 2 heterocycles. The van der Waals surface area contributed by atoms with Crippen molar-refractivity contribution in [2.24, 2.45) is 0 Å². The molecule has 0 unspecified atom stereocenters. The first-order valence-electron chi connectivity index (χ1n) is 6.87. The number of aromatic nitrogens is 1. The highest BCUT2D eigenvalue weighted by Gasteiger charge is 2.23. The summed E-state index contributed by atoms with van der Waals surface area (Å²) in [6, 6.07) is 3.47. The van der Waals surface area contributed by atoms with E-state index in [-0.39, 0.29) is 18.0 Å². The number of anilines is 1. The second-order valence-electron chi connectivity index (χ2n) is 5.50. The first-order valence-corrected chi connectivity index (χ1v) is 6.87. The summed E-state index contributed by atoms with van der Waals surface area (Å²) in [6.45, 7) is 1.56. The summed E-state index contributed by atoms with van der Waals surface area (Å²) in [6.07, 6.45) is 3.47. The number of pyridine rings is 1. The molecule has 6 nitrogen and oxygen atoms in total. The number of nitrogens with zero attached hydrogens (tertiary/aromatic N) is 3. The van der Waals surface area contributed by atoms with Crippen LogP contribution in [0.2, 0.25) is 0 Å². The largest absolute Gasteiger partial charge is 0.398 e. The van der Waals surface area contributed by atoms with Crippen molar-refractivity contribution in [2.45, 2.75) is 25.4 Å². The number of hydrogen-bond donors (Lipinski definition) is 1. The van der Waals surface area contributed by atoms with Crippen molar-refractivity contribution >= 4 is 11.6 Å². The van der Waals surface area contributed by atoms with E-state index < -0.39 is 0 Å². The zero-order valence-electron chi connectivity index (χ0n) is 12.1. The summed E-state index contributed by atoms with van der Waals surface area (Å²) in [7, 11) is 4.13. The van der Waals surface area contributed by atoms with Gasteiger partial charge in [0.25, 0.3) is 5.56 Å². The van der Waals surface area contributed by atoms with Crippen molar-refractivity contribution in [2.75, 3.05) is 32.9 Å². The van der Waals surface area contributed by atoms with E-state index in [1.54, 1.807) is 6.07 Å². The Labute approximate surface area is 118 Å². The molecule has 20 heavy (non-hydrogen) atoms. The molecule has 110 valence electrons. The van der Waals surface area contributed by atoms with Crippen LogP contribution in [0.3, 0.4) is 0 Å². The van der Waals surface area contributed by atoms with Gasteiger partial charge >= 0.3 is 0 Å². The van der Waals surface area contributed by atoms with Gasteiger partial charge in [0.1, 0.15) is 6.54 Å². The second-order valence-corrected chi connectivity index (χ2v) is 5.50. The fraction of sp³-hybridized carbons (Fsp3) is 0.571. The van der Waals surface area contributed by atoms with Gasteiger partial charge in [-0.15, -0.1) is 0 Å². The van der Waals surface area contributed by atoms with Gasteiger partial charge < -0.3 is 20.1 Å². The number of nitrogen functional groups attached to an aromatic ring is 1. The van der Waals surface area contributed by atoms with Crippen LogP contribution in [0.4, 0.5) is 5.69 Å². The Morgan fingerprint density at radius 2 is 2.00 bits per heavy atom. The number of nitrogens with two attached hydrogens (primary N) is 1. The van der Waals surface area contributed by atoms with Gasteiger partial charge in [-0.25, -0.2) is 0 Å². The van der Waals surface area contributed by atoms with E-state index in [0.717, 1.165) is 25.9 Å². The molecule has 0 saturated carbocycles. The molecule has 1 amide bonds. The Balaban J connectivity index is 1.96. The summed E-state index contributed by atoms with van der Waals surface area (Å²) in [5.41, 5.74) is 5.93. The number of carbonyl (C=O) groups is 1. The first-order chi connectivity index (χ1) is 9.47. The lowest BCUT2D eigenvalue weighted by Gasteiger charge is -2.35. The van der Waals surface area contributed by atoms with Gasteiger partial charge in [0.05, 0.1) is 0 Å².